The maximum Gasteiger partial charge on any atom is 0.310 e. The number of likely N-dealkylation sites (tertiary alicyclic amines) is 1. The van der Waals surface area contributed by atoms with Gasteiger partial charge in [0.25, 0.3) is 5.91 Å². The average molecular weight is 389 g/mol. The first-order valence-electron chi connectivity index (χ1n) is 10.1. The Balaban J connectivity index is 1.89. The Morgan fingerprint density at radius 2 is 2.11 bits per heavy atom. The van der Waals surface area contributed by atoms with Crippen molar-refractivity contribution >= 4 is 17.8 Å². The zero-order chi connectivity index (χ0) is 20.4. The van der Waals surface area contributed by atoms with Crippen LogP contribution in [0.3, 0.4) is 0 Å². The van der Waals surface area contributed by atoms with E-state index in [4.69, 9.17) is 4.74 Å². The number of ether oxygens (including phenoxy) is 1. The molecule has 7 heteroatoms. The first kappa shape index (κ1) is 21.7. The minimum absolute atomic E-state index is 0.0933. The van der Waals surface area contributed by atoms with Gasteiger partial charge in [0.15, 0.2) is 5.96 Å². The molecular weight excluding hydrogens is 356 g/mol. The Morgan fingerprint density at radius 3 is 2.82 bits per heavy atom. The Labute approximate surface area is 167 Å². The third kappa shape index (κ3) is 6.55. The van der Waals surface area contributed by atoms with Crippen LogP contribution in [-0.4, -0.2) is 62.1 Å². The SMILES string of the molecule is CCNC(=NCCNC(=O)c1cccc(C)c1)N1CCCC(C(=O)OCC)C1. The third-order valence-corrected chi connectivity index (χ3v) is 4.61. The number of carbonyl (C=O) groups excluding carboxylic acids is 2. The number of benzene rings is 1. The van der Waals surface area contributed by atoms with Gasteiger partial charge < -0.3 is 20.3 Å². The first-order chi connectivity index (χ1) is 13.5. The fraction of sp³-hybridized carbons (Fsp3) is 0.571. The molecule has 0 radical (unpaired) electrons. The molecule has 0 spiro atoms. The zero-order valence-electron chi connectivity index (χ0n) is 17.2. The van der Waals surface area contributed by atoms with Crippen molar-refractivity contribution in [3.63, 3.8) is 0 Å². The molecule has 1 aliphatic rings. The van der Waals surface area contributed by atoms with Crippen LogP contribution in [0.25, 0.3) is 0 Å². The van der Waals surface area contributed by atoms with Crippen LogP contribution in [0.2, 0.25) is 0 Å². The molecule has 154 valence electrons. The molecule has 1 amide bonds. The minimum Gasteiger partial charge on any atom is -0.466 e. The lowest BCUT2D eigenvalue weighted by molar-refractivity contribution is -0.149. The van der Waals surface area contributed by atoms with E-state index in [0.29, 0.717) is 31.8 Å². The molecule has 7 nitrogen and oxygen atoms in total. The maximum absolute atomic E-state index is 12.2. The van der Waals surface area contributed by atoms with Gasteiger partial charge >= 0.3 is 5.97 Å². The highest BCUT2D eigenvalue weighted by Crippen LogP contribution is 2.18. The normalized spacial score (nSPS) is 17.2. The third-order valence-electron chi connectivity index (χ3n) is 4.61. The van der Waals surface area contributed by atoms with Crippen molar-refractivity contribution in [2.75, 3.05) is 39.3 Å². The highest BCUT2D eigenvalue weighted by molar-refractivity contribution is 5.94. The summed E-state index contributed by atoms with van der Waals surface area (Å²) in [5, 5.41) is 6.19. The minimum atomic E-state index is -0.131. The molecule has 0 aromatic heterocycles. The lowest BCUT2D eigenvalue weighted by Gasteiger charge is -2.34. The molecular formula is C21H32N4O3. The van der Waals surface area contributed by atoms with Crippen molar-refractivity contribution in [2.24, 2.45) is 10.9 Å². The van der Waals surface area contributed by atoms with Gasteiger partial charge in [-0.25, -0.2) is 0 Å². The number of carbonyl (C=O) groups is 2. The molecule has 0 aliphatic carbocycles. The number of piperidine rings is 1. The van der Waals surface area contributed by atoms with Gasteiger partial charge in [-0.3, -0.25) is 14.6 Å². The van der Waals surface area contributed by atoms with E-state index < -0.39 is 0 Å². The van der Waals surface area contributed by atoms with E-state index in [0.717, 1.165) is 37.5 Å². The number of nitrogens with zero attached hydrogens (tertiary/aromatic N) is 2. The molecule has 1 heterocycles. The van der Waals surface area contributed by atoms with E-state index >= 15 is 0 Å². The second-order valence-electron chi connectivity index (χ2n) is 6.90. The van der Waals surface area contributed by atoms with Gasteiger partial charge in [-0.05, 0) is 45.7 Å². The van der Waals surface area contributed by atoms with Gasteiger partial charge in [0, 0.05) is 31.7 Å². The number of aliphatic imine (C=N–C) groups is 1. The summed E-state index contributed by atoms with van der Waals surface area (Å²) in [6.07, 6.45) is 1.78. The Hall–Kier alpha value is -2.57. The van der Waals surface area contributed by atoms with Crippen LogP contribution in [0.4, 0.5) is 0 Å². The molecule has 1 unspecified atom stereocenters. The van der Waals surface area contributed by atoms with Gasteiger partial charge in [-0.2, -0.15) is 0 Å². The second-order valence-corrected chi connectivity index (χ2v) is 6.90. The van der Waals surface area contributed by atoms with Crippen LogP contribution < -0.4 is 10.6 Å². The van der Waals surface area contributed by atoms with Crippen molar-refractivity contribution < 1.29 is 14.3 Å². The van der Waals surface area contributed by atoms with Gasteiger partial charge in [-0.15, -0.1) is 0 Å². The van der Waals surface area contributed by atoms with Crippen molar-refractivity contribution in [3.05, 3.63) is 35.4 Å². The van der Waals surface area contributed by atoms with E-state index in [1.165, 1.54) is 0 Å². The molecule has 0 bridgehead atoms. The van der Waals surface area contributed by atoms with E-state index in [1.54, 1.807) is 6.07 Å². The molecule has 1 fully saturated rings. The standard InChI is InChI=1S/C21H32N4O3/c1-4-22-21(25-13-7-10-18(15-25)20(27)28-5-2)24-12-11-23-19(26)17-9-6-8-16(3)14-17/h6,8-9,14,18H,4-5,7,10-13,15H2,1-3H3,(H,22,24)(H,23,26). The number of nitrogens with one attached hydrogen (secondary N) is 2. The first-order valence-corrected chi connectivity index (χ1v) is 10.1. The fourth-order valence-corrected chi connectivity index (χ4v) is 3.27. The fourth-order valence-electron chi connectivity index (χ4n) is 3.27. The second kappa shape index (κ2) is 11.3. The molecule has 1 atom stereocenters. The zero-order valence-corrected chi connectivity index (χ0v) is 17.2. The van der Waals surface area contributed by atoms with Gasteiger partial charge in [0.05, 0.1) is 19.1 Å². The molecule has 1 aromatic rings. The predicted molar refractivity (Wildman–Crippen MR) is 110 cm³/mol. The number of hydrogen-bond donors (Lipinski definition) is 2. The van der Waals surface area contributed by atoms with Gasteiger partial charge in [-0.1, -0.05) is 17.7 Å². The largest absolute Gasteiger partial charge is 0.466 e. The quantitative estimate of drug-likeness (QED) is 0.323. The predicted octanol–water partition coefficient (Wildman–Crippen LogP) is 1.97. The molecule has 1 aliphatic heterocycles. The van der Waals surface area contributed by atoms with Crippen molar-refractivity contribution in [1.82, 2.24) is 15.5 Å². The van der Waals surface area contributed by atoms with Crippen LogP contribution in [0, 0.1) is 12.8 Å². The molecule has 1 aromatic carbocycles. The summed E-state index contributed by atoms with van der Waals surface area (Å²) in [7, 11) is 0. The monoisotopic (exact) mass is 388 g/mol. The van der Waals surface area contributed by atoms with E-state index in [9.17, 15) is 9.59 Å². The van der Waals surface area contributed by atoms with Crippen LogP contribution in [-0.2, 0) is 9.53 Å². The van der Waals surface area contributed by atoms with E-state index in [1.807, 2.05) is 39.0 Å². The number of esters is 1. The molecule has 2 N–H and O–H groups in total. The molecule has 0 saturated carbocycles. The summed E-state index contributed by atoms with van der Waals surface area (Å²) < 4.78 is 5.17. The van der Waals surface area contributed by atoms with Gasteiger partial charge in [0.1, 0.15) is 0 Å². The van der Waals surface area contributed by atoms with Crippen molar-refractivity contribution in [2.45, 2.75) is 33.6 Å². The average Bonchev–Trinajstić information content (AvgIpc) is 2.70. The Kier molecular flexibility index (Phi) is 8.78. The highest BCUT2D eigenvalue weighted by Gasteiger charge is 2.28. The summed E-state index contributed by atoms with van der Waals surface area (Å²) >= 11 is 0. The summed E-state index contributed by atoms with van der Waals surface area (Å²) in [4.78, 5) is 31.0. The summed E-state index contributed by atoms with van der Waals surface area (Å²) in [5.74, 6) is 0.442. The van der Waals surface area contributed by atoms with Crippen molar-refractivity contribution in [1.29, 1.82) is 0 Å². The van der Waals surface area contributed by atoms with Crippen molar-refractivity contribution in [3.8, 4) is 0 Å². The number of guanidine groups is 1. The molecule has 28 heavy (non-hydrogen) atoms. The lowest BCUT2D eigenvalue weighted by atomic mass is 9.98. The van der Waals surface area contributed by atoms with E-state index in [-0.39, 0.29) is 17.8 Å². The van der Waals surface area contributed by atoms with Crippen LogP contribution in [0.1, 0.15) is 42.6 Å². The Bertz CT molecular complexity index is 690. The van der Waals surface area contributed by atoms with Gasteiger partial charge in [0.2, 0.25) is 0 Å². The summed E-state index contributed by atoms with van der Waals surface area (Å²) in [6, 6.07) is 7.51. The van der Waals surface area contributed by atoms with E-state index in [2.05, 4.69) is 20.5 Å². The van der Waals surface area contributed by atoms with Crippen LogP contribution >= 0.6 is 0 Å². The molecule has 2 rings (SSSR count). The number of rotatable bonds is 7. The Morgan fingerprint density at radius 1 is 1.29 bits per heavy atom. The molecule has 1 saturated heterocycles. The number of aryl methyl sites for hydroxylation is 1. The maximum atomic E-state index is 12.2. The number of amides is 1. The van der Waals surface area contributed by atoms with Crippen LogP contribution in [0.15, 0.2) is 29.3 Å². The lowest BCUT2D eigenvalue weighted by Crippen LogP contribution is -2.48. The smallest absolute Gasteiger partial charge is 0.310 e. The summed E-state index contributed by atoms with van der Waals surface area (Å²) in [5.41, 5.74) is 1.71. The summed E-state index contributed by atoms with van der Waals surface area (Å²) in [6.45, 7) is 9.36. The highest BCUT2D eigenvalue weighted by atomic mass is 16.5. The van der Waals surface area contributed by atoms with Crippen LogP contribution in [0.5, 0.6) is 0 Å². The topological polar surface area (TPSA) is 83.0 Å². The number of hydrogen-bond acceptors (Lipinski definition) is 4.